The van der Waals surface area contributed by atoms with Crippen molar-refractivity contribution in [1.82, 2.24) is 4.72 Å². The molecule has 1 saturated heterocycles. The number of hydrogen-bond donors (Lipinski definition) is 1. The van der Waals surface area contributed by atoms with Gasteiger partial charge in [-0.25, -0.2) is 13.1 Å². The predicted octanol–water partition coefficient (Wildman–Crippen LogP) is 1.41. The maximum Gasteiger partial charge on any atom is 0.240 e. The Balaban J connectivity index is 1.99. The van der Waals surface area contributed by atoms with Gasteiger partial charge < -0.3 is 4.74 Å². The van der Waals surface area contributed by atoms with Crippen LogP contribution in [0.1, 0.15) is 24.8 Å². The first-order chi connectivity index (χ1) is 9.12. The quantitative estimate of drug-likeness (QED) is 0.904. The van der Waals surface area contributed by atoms with Gasteiger partial charge in [0, 0.05) is 13.2 Å². The number of nitrogens with zero attached hydrogens (tertiary/aromatic N) is 1. The van der Waals surface area contributed by atoms with Crippen molar-refractivity contribution in [2.75, 3.05) is 13.2 Å². The van der Waals surface area contributed by atoms with E-state index in [2.05, 4.69) is 4.72 Å². The van der Waals surface area contributed by atoms with Crippen molar-refractivity contribution in [2.45, 2.75) is 30.3 Å². The van der Waals surface area contributed by atoms with E-state index < -0.39 is 10.0 Å². The highest BCUT2D eigenvalue weighted by Crippen LogP contribution is 2.14. The summed E-state index contributed by atoms with van der Waals surface area (Å²) >= 11 is 0. The van der Waals surface area contributed by atoms with Crippen LogP contribution in [0.15, 0.2) is 29.2 Å². The van der Waals surface area contributed by atoms with E-state index in [0.717, 1.165) is 19.3 Å². The topological polar surface area (TPSA) is 79.2 Å². The van der Waals surface area contributed by atoms with E-state index >= 15 is 0 Å². The summed E-state index contributed by atoms with van der Waals surface area (Å²) in [7, 11) is -3.52. The largest absolute Gasteiger partial charge is 0.377 e. The molecule has 0 bridgehead atoms. The van der Waals surface area contributed by atoms with Crippen LogP contribution in [0.25, 0.3) is 0 Å². The Kier molecular flexibility index (Phi) is 4.53. The molecule has 1 aromatic carbocycles. The Morgan fingerprint density at radius 3 is 2.63 bits per heavy atom. The third-order valence-electron chi connectivity index (χ3n) is 3.07. The number of nitrogens with one attached hydrogen (secondary N) is 1. The Hall–Kier alpha value is -1.42. The fourth-order valence-corrected chi connectivity index (χ4v) is 3.03. The van der Waals surface area contributed by atoms with Gasteiger partial charge in [0.1, 0.15) is 0 Å². The summed E-state index contributed by atoms with van der Waals surface area (Å²) in [6.07, 6.45) is 2.96. The highest BCUT2D eigenvalue weighted by molar-refractivity contribution is 7.89. The molecule has 0 radical (unpaired) electrons. The molecule has 1 unspecified atom stereocenters. The van der Waals surface area contributed by atoms with E-state index in [1.165, 1.54) is 24.3 Å². The second kappa shape index (κ2) is 6.15. The van der Waals surface area contributed by atoms with Crippen LogP contribution in [0.4, 0.5) is 0 Å². The van der Waals surface area contributed by atoms with E-state index in [4.69, 9.17) is 10.00 Å². The van der Waals surface area contributed by atoms with Gasteiger partial charge in [-0.3, -0.25) is 0 Å². The van der Waals surface area contributed by atoms with Crippen molar-refractivity contribution < 1.29 is 13.2 Å². The Morgan fingerprint density at radius 2 is 2.05 bits per heavy atom. The molecule has 19 heavy (non-hydrogen) atoms. The SMILES string of the molecule is N#Cc1ccc(S(=O)(=O)NCC2CCCCO2)cc1. The van der Waals surface area contributed by atoms with Gasteiger partial charge in [0.25, 0.3) is 0 Å². The number of ether oxygens (including phenoxy) is 1. The lowest BCUT2D eigenvalue weighted by Gasteiger charge is -2.22. The average Bonchev–Trinajstić information content (AvgIpc) is 2.46. The van der Waals surface area contributed by atoms with Gasteiger partial charge in [0.15, 0.2) is 0 Å². The van der Waals surface area contributed by atoms with Crippen molar-refractivity contribution >= 4 is 10.0 Å². The van der Waals surface area contributed by atoms with Gasteiger partial charge in [-0.05, 0) is 43.5 Å². The number of sulfonamides is 1. The number of nitriles is 1. The zero-order chi connectivity index (χ0) is 13.7. The summed E-state index contributed by atoms with van der Waals surface area (Å²) in [4.78, 5) is 0.169. The van der Waals surface area contributed by atoms with Crippen molar-refractivity contribution in [1.29, 1.82) is 5.26 Å². The van der Waals surface area contributed by atoms with E-state index in [1.807, 2.05) is 6.07 Å². The van der Waals surface area contributed by atoms with Crippen LogP contribution in [0.3, 0.4) is 0 Å². The fourth-order valence-electron chi connectivity index (χ4n) is 1.96. The minimum atomic E-state index is -3.52. The third kappa shape index (κ3) is 3.77. The van der Waals surface area contributed by atoms with Gasteiger partial charge in [0.2, 0.25) is 10.0 Å². The first-order valence-corrected chi connectivity index (χ1v) is 7.71. The molecular weight excluding hydrogens is 264 g/mol. The van der Waals surface area contributed by atoms with E-state index in [0.29, 0.717) is 18.7 Å². The first-order valence-electron chi connectivity index (χ1n) is 6.23. The van der Waals surface area contributed by atoms with Crippen molar-refractivity contribution in [3.63, 3.8) is 0 Å². The molecular formula is C13H16N2O3S. The molecule has 0 amide bonds. The highest BCUT2D eigenvalue weighted by Gasteiger charge is 2.19. The van der Waals surface area contributed by atoms with Crippen LogP contribution in [0.2, 0.25) is 0 Å². The van der Waals surface area contributed by atoms with E-state index in [-0.39, 0.29) is 11.0 Å². The number of hydrogen-bond acceptors (Lipinski definition) is 4. The molecule has 102 valence electrons. The summed E-state index contributed by atoms with van der Waals surface area (Å²) in [6, 6.07) is 7.80. The summed E-state index contributed by atoms with van der Waals surface area (Å²) in [5.41, 5.74) is 0.439. The molecule has 1 fully saturated rings. The molecule has 1 heterocycles. The molecule has 0 saturated carbocycles. The van der Waals surface area contributed by atoms with Crippen LogP contribution >= 0.6 is 0 Å². The smallest absolute Gasteiger partial charge is 0.240 e. The second-order valence-electron chi connectivity index (χ2n) is 4.48. The molecule has 2 rings (SSSR count). The summed E-state index contributed by atoms with van der Waals surface area (Å²) in [5.74, 6) is 0. The summed E-state index contributed by atoms with van der Waals surface area (Å²) < 4.78 is 32.1. The molecule has 1 aliphatic rings. The normalized spacial score (nSPS) is 19.8. The number of rotatable bonds is 4. The lowest BCUT2D eigenvalue weighted by molar-refractivity contribution is 0.0200. The van der Waals surface area contributed by atoms with Gasteiger partial charge >= 0.3 is 0 Å². The molecule has 0 aromatic heterocycles. The lowest BCUT2D eigenvalue weighted by Crippen LogP contribution is -2.35. The van der Waals surface area contributed by atoms with Crippen LogP contribution < -0.4 is 4.72 Å². The Bertz CT molecular complexity index is 555. The van der Waals surface area contributed by atoms with Crippen LogP contribution in [0, 0.1) is 11.3 Å². The Labute approximate surface area is 113 Å². The molecule has 6 heteroatoms. The van der Waals surface area contributed by atoms with Crippen molar-refractivity contribution in [3.05, 3.63) is 29.8 Å². The first kappa shape index (κ1) is 14.0. The van der Waals surface area contributed by atoms with Gasteiger partial charge in [-0.2, -0.15) is 5.26 Å². The summed E-state index contributed by atoms with van der Waals surface area (Å²) in [6.45, 7) is 0.992. The maximum atomic E-state index is 12.0. The third-order valence-corrected chi connectivity index (χ3v) is 4.51. The minimum Gasteiger partial charge on any atom is -0.377 e. The van der Waals surface area contributed by atoms with Crippen molar-refractivity contribution in [3.8, 4) is 6.07 Å². The minimum absolute atomic E-state index is 0.0399. The standard InChI is InChI=1S/C13H16N2O3S/c14-9-11-4-6-13(7-5-11)19(16,17)15-10-12-3-1-2-8-18-12/h4-7,12,15H,1-3,8,10H2. The van der Waals surface area contributed by atoms with Crippen LogP contribution in [-0.4, -0.2) is 27.7 Å². The van der Waals surface area contributed by atoms with E-state index in [1.54, 1.807) is 0 Å². The molecule has 0 spiro atoms. The van der Waals surface area contributed by atoms with Gasteiger partial charge in [0.05, 0.1) is 22.6 Å². The summed E-state index contributed by atoms with van der Waals surface area (Å²) in [5, 5.41) is 8.67. The van der Waals surface area contributed by atoms with E-state index in [9.17, 15) is 8.42 Å². The fraction of sp³-hybridized carbons (Fsp3) is 0.462. The maximum absolute atomic E-state index is 12.0. The Morgan fingerprint density at radius 1 is 1.32 bits per heavy atom. The zero-order valence-corrected chi connectivity index (χ0v) is 11.3. The molecule has 1 aliphatic heterocycles. The molecule has 1 atom stereocenters. The van der Waals surface area contributed by atoms with Crippen molar-refractivity contribution in [2.24, 2.45) is 0 Å². The number of benzene rings is 1. The second-order valence-corrected chi connectivity index (χ2v) is 6.24. The average molecular weight is 280 g/mol. The molecule has 1 N–H and O–H groups in total. The van der Waals surface area contributed by atoms with Crippen LogP contribution in [0.5, 0.6) is 0 Å². The van der Waals surface area contributed by atoms with Gasteiger partial charge in [-0.15, -0.1) is 0 Å². The molecule has 0 aliphatic carbocycles. The highest BCUT2D eigenvalue weighted by atomic mass is 32.2. The lowest BCUT2D eigenvalue weighted by atomic mass is 10.1. The monoisotopic (exact) mass is 280 g/mol. The molecule has 5 nitrogen and oxygen atoms in total. The van der Waals surface area contributed by atoms with Gasteiger partial charge in [-0.1, -0.05) is 0 Å². The zero-order valence-electron chi connectivity index (χ0n) is 10.5. The predicted molar refractivity (Wildman–Crippen MR) is 69.9 cm³/mol. The molecule has 1 aromatic rings. The van der Waals surface area contributed by atoms with Crippen LogP contribution in [-0.2, 0) is 14.8 Å².